The van der Waals surface area contributed by atoms with E-state index in [4.69, 9.17) is 4.74 Å². The van der Waals surface area contributed by atoms with E-state index >= 15 is 0 Å². The van der Waals surface area contributed by atoms with Crippen LogP contribution in [0.15, 0.2) is 0 Å². The van der Waals surface area contributed by atoms with Crippen molar-refractivity contribution < 1.29 is 4.74 Å². The Morgan fingerprint density at radius 3 is 3.27 bits per heavy atom. The summed E-state index contributed by atoms with van der Waals surface area (Å²) in [6, 6.07) is 0. The van der Waals surface area contributed by atoms with E-state index in [-0.39, 0.29) is 0 Å². The molecule has 0 aromatic carbocycles. The van der Waals surface area contributed by atoms with Gasteiger partial charge in [-0.25, -0.2) is 0 Å². The number of rotatable bonds is 0. The average molecular weight is 153 g/mol. The first-order valence-electron chi connectivity index (χ1n) is 4.76. The maximum atomic E-state index is 5.76. The van der Waals surface area contributed by atoms with Gasteiger partial charge in [-0.1, -0.05) is 0 Å². The summed E-state index contributed by atoms with van der Waals surface area (Å²) >= 11 is 0. The van der Waals surface area contributed by atoms with Gasteiger partial charge in [0.15, 0.2) is 0 Å². The Kier molecular flexibility index (Phi) is 1.16. The van der Waals surface area contributed by atoms with Crippen molar-refractivity contribution in [2.45, 2.75) is 37.3 Å². The molecule has 3 fully saturated rings. The molecule has 0 radical (unpaired) electrons. The highest BCUT2D eigenvalue weighted by atomic mass is 16.5. The second kappa shape index (κ2) is 1.99. The largest absolute Gasteiger partial charge is 0.375 e. The van der Waals surface area contributed by atoms with Crippen LogP contribution in [0.1, 0.15) is 25.7 Å². The standard InChI is InChI=1S/C9H15NO/c1-2-9-6-7(1)5-8(9)11-4-3-10-9/h7-8,10H,1-6H2/t7-,8-,9+/m1/s1. The summed E-state index contributed by atoms with van der Waals surface area (Å²) in [5.41, 5.74) is 0.433. The van der Waals surface area contributed by atoms with Crippen LogP contribution in [-0.4, -0.2) is 24.8 Å². The molecule has 0 aromatic rings. The lowest BCUT2D eigenvalue weighted by Crippen LogP contribution is -2.56. The minimum atomic E-state index is 0.433. The third kappa shape index (κ3) is 0.744. The first-order valence-corrected chi connectivity index (χ1v) is 4.76. The first kappa shape index (κ1) is 6.44. The van der Waals surface area contributed by atoms with Gasteiger partial charge in [0, 0.05) is 12.1 Å². The van der Waals surface area contributed by atoms with Gasteiger partial charge in [-0.3, -0.25) is 0 Å². The smallest absolute Gasteiger partial charge is 0.0759 e. The molecular weight excluding hydrogens is 138 g/mol. The van der Waals surface area contributed by atoms with Crippen LogP contribution in [-0.2, 0) is 4.74 Å². The molecule has 1 saturated heterocycles. The zero-order valence-corrected chi connectivity index (χ0v) is 6.81. The normalized spacial score (nSPS) is 54.5. The lowest BCUT2D eigenvalue weighted by Gasteiger charge is -2.40. The predicted octanol–water partition coefficient (Wildman–Crippen LogP) is 0.917. The maximum Gasteiger partial charge on any atom is 0.0759 e. The molecule has 2 aliphatic carbocycles. The minimum absolute atomic E-state index is 0.433. The fourth-order valence-corrected chi connectivity index (χ4v) is 3.21. The highest BCUT2D eigenvalue weighted by molar-refractivity contribution is 5.10. The van der Waals surface area contributed by atoms with Gasteiger partial charge in [0.1, 0.15) is 0 Å². The Morgan fingerprint density at radius 2 is 2.45 bits per heavy atom. The van der Waals surface area contributed by atoms with Gasteiger partial charge in [-0.05, 0) is 31.6 Å². The van der Waals surface area contributed by atoms with Crippen molar-refractivity contribution in [3.8, 4) is 0 Å². The van der Waals surface area contributed by atoms with E-state index in [9.17, 15) is 0 Å². The van der Waals surface area contributed by atoms with Gasteiger partial charge in [0.25, 0.3) is 0 Å². The topological polar surface area (TPSA) is 21.3 Å². The van der Waals surface area contributed by atoms with Gasteiger partial charge < -0.3 is 10.1 Å². The van der Waals surface area contributed by atoms with Crippen molar-refractivity contribution in [1.82, 2.24) is 5.32 Å². The Morgan fingerprint density at radius 1 is 1.45 bits per heavy atom. The summed E-state index contributed by atoms with van der Waals surface area (Å²) in [7, 11) is 0. The van der Waals surface area contributed by atoms with Crippen LogP contribution in [0, 0.1) is 5.92 Å². The molecule has 3 aliphatic rings. The van der Waals surface area contributed by atoms with Crippen molar-refractivity contribution in [3.63, 3.8) is 0 Å². The predicted molar refractivity (Wildman–Crippen MR) is 42.4 cm³/mol. The summed E-state index contributed by atoms with van der Waals surface area (Å²) in [4.78, 5) is 0. The molecule has 1 N–H and O–H groups in total. The van der Waals surface area contributed by atoms with Crippen LogP contribution in [0.2, 0.25) is 0 Å². The summed E-state index contributed by atoms with van der Waals surface area (Å²) in [5, 5.41) is 3.66. The molecule has 3 atom stereocenters. The number of hydrogen-bond acceptors (Lipinski definition) is 2. The molecule has 3 rings (SSSR count). The third-order valence-corrected chi connectivity index (χ3v) is 3.71. The quantitative estimate of drug-likeness (QED) is 0.558. The van der Waals surface area contributed by atoms with Crippen LogP contribution >= 0.6 is 0 Å². The van der Waals surface area contributed by atoms with E-state index in [1.165, 1.54) is 25.7 Å². The number of fused-ring (bicyclic) bond motifs is 1. The second-order valence-corrected chi connectivity index (χ2v) is 4.29. The summed E-state index contributed by atoms with van der Waals surface area (Å²) in [5.74, 6) is 0.977. The van der Waals surface area contributed by atoms with Crippen LogP contribution < -0.4 is 5.32 Å². The molecule has 0 unspecified atom stereocenters. The zero-order valence-electron chi connectivity index (χ0n) is 6.81. The lowest BCUT2D eigenvalue weighted by atomic mass is 9.89. The summed E-state index contributed by atoms with van der Waals surface area (Å²) < 4.78 is 5.76. The Labute approximate surface area is 67.3 Å². The molecule has 11 heavy (non-hydrogen) atoms. The third-order valence-electron chi connectivity index (χ3n) is 3.71. The van der Waals surface area contributed by atoms with Gasteiger partial charge in [0.2, 0.25) is 0 Å². The van der Waals surface area contributed by atoms with E-state index in [2.05, 4.69) is 5.32 Å². The first-order chi connectivity index (χ1) is 5.39. The van der Waals surface area contributed by atoms with Crippen molar-refractivity contribution >= 4 is 0 Å². The molecule has 2 bridgehead atoms. The number of nitrogens with one attached hydrogen (secondary N) is 1. The van der Waals surface area contributed by atoms with Crippen molar-refractivity contribution in [2.24, 2.45) is 5.92 Å². The van der Waals surface area contributed by atoms with Crippen LogP contribution in [0.5, 0.6) is 0 Å². The van der Waals surface area contributed by atoms with E-state index in [0.717, 1.165) is 19.1 Å². The average Bonchev–Trinajstić information content (AvgIpc) is 2.57. The van der Waals surface area contributed by atoms with Crippen molar-refractivity contribution in [3.05, 3.63) is 0 Å². The fraction of sp³-hybridized carbons (Fsp3) is 1.00. The molecule has 0 amide bonds. The van der Waals surface area contributed by atoms with Gasteiger partial charge in [-0.2, -0.15) is 0 Å². The maximum absolute atomic E-state index is 5.76. The van der Waals surface area contributed by atoms with E-state index in [1.807, 2.05) is 0 Å². The van der Waals surface area contributed by atoms with Gasteiger partial charge >= 0.3 is 0 Å². The zero-order chi connectivity index (χ0) is 7.31. The lowest BCUT2D eigenvalue weighted by molar-refractivity contribution is -0.0409. The van der Waals surface area contributed by atoms with Gasteiger partial charge in [0.05, 0.1) is 12.7 Å². The monoisotopic (exact) mass is 153 g/mol. The van der Waals surface area contributed by atoms with Crippen LogP contribution in [0.3, 0.4) is 0 Å². The van der Waals surface area contributed by atoms with E-state index < -0.39 is 0 Å². The Bertz CT molecular complexity index is 182. The summed E-state index contributed by atoms with van der Waals surface area (Å²) in [6.07, 6.45) is 6.08. The van der Waals surface area contributed by atoms with E-state index in [1.54, 1.807) is 0 Å². The second-order valence-electron chi connectivity index (χ2n) is 4.29. The fourth-order valence-electron chi connectivity index (χ4n) is 3.21. The molecular formula is C9H15NO. The van der Waals surface area contributed by atoms with Crippen LogP contribution in [0.25, 0.3) is 0 Å². The van der Waals surface area contributed by atoms with Gasteiger partial charge in [-0.15, -0.1) is 0 Å². The summed E-state index contributed by atoms with van der Waals surface area (Å²) in [6.45, 7) is 2.00. The minimum Gasteiger partial charge on any atom is -0.375 e. The van der Waals surface area contributed by atoms with Crippen LogP contribution in [0.4, 0.5) is 0 Å². The molecule has 2 saturated carbocycles. The Balaban J connectivity index is 1.91. The molecule has 2 heteroatoms. The Hall–Kier alpha value is -0.0800. The number of hydrogen-bond donors (Lipinski definition) is 1. The molecule has 62 valence electrons. The molecule has 1 spiro atoms. The molecule has 2 nitrogen and oxygen atoms in total. The highest BCUT2D eigenvalue weighted by Gasteiger charge is 2.53. The SMILES string of the molecule is C1CO[C@@H]2C[C@H]3CC[C@@]2(C3)N1. The highest BCUT2D eigenvalue weighted by Crippen LogP contribution is 2.49. The van der Waals surface area contributed by atoms with Crippen molar-refractivity contribution in [2.75, 3.05) is 13.2 Å². The number of morpholine rings is 1. The molecule has 1 heterocycles. The number of ether oxygens (including phenoxy) is 1. The molecule has 0 aromatic heterocycles. The molecule has 1 aliphatic heterocycles. The van der Waals surface area contributed by atoms with E-state index in [0.29, 0.717) is 11.6 Å². The van der Waals surface area contributed by atoms with Crippen molar-refractivity contribution in [1.29, 1.82) is 0 Å².